The second-order valence-electron chi connectivity index (χ2n) is 10.9. The minimum absolute atomic E-state index is 0.00473. The fraction of sp³-hybridized carbons (Fsp3) is 0.455. The summed E-state index contributed by atoms with van der Waals surface area (Å²) in [4.78, 5) is 2.52. The fourth-order valence-electron chi connectivity index (χ4n) is 4.84. The van der Waals surface area contributed by atoms with Gasteiger partial charge in [-0.1, -0.05) is 116 Å². The van der Waals surface area contributed by atoms with Crippen LogP contribution in [0.25, 0.3) is 0 Å². The molecule has 0 N–H and O–H groups in total. The van der Waals surface area contributed by atoms with Crippen molar-refractivity contribution in [2.24, 2.45) is 0 Å². The molecular weight excluding hydrogens is 457 g/mol. The van der Waals surface area contributed by atoms with E-state index in [9.17, 15) is 0 Å². The van der Waals surface area contributed by atoms with E-state index in [1.165, 1.54) is 38.7 Å². The number of ether oxygens (including phenoxy) is 1. The number of rotatable bonds is 11. The molecular formula is C33H46NOP. The molecule has 2 nitrogen and oxygen atoms in total. The Hall–Kier alpha value is -2.15. The van der Waals surface area contributed by atoms with E-state index < -0.39 is 0 Å². The fourth-order valence-corrected chi connectivity index (χ4v) is 6.42. The van der Waals surface area contributed by atoms with Crippen LogP contribution in [-0.2, 0) is 18.6 Å². The number of hydrogen-bond acceptors (Lipinski definition) is 2. The summed E-state index contributed by atoms with van der Waals surface area (Å²) in [5.74, 6) is 1.09. The van der Waals surface area contributed by atoms with Gasteiger partial charge >= 0.3 is 0 Å². The molecule has 0 saturated heterocycles. The van der Waals surface area contributed by atoms with Gasteiger partial charge in [-0.25, -0.2) is 0 Å². The highest BCUT2D eigenvalue weighted by atomic mass is 31.1. The van der Waals surface area contributed by atoms with E-state index in [4.69, 9.17) is 4.74 Å². The minimum Gasteiger partial charge on any atom is -0.488 e. The van der Waals surface area contributed by atoms with Crippen molar-refractivity contribution in [3.8, 4) is 5.75 Å². The van der Waals surface area contributed by atoms with E-state index in [0.717, 1.165) is 31.8 Å². The maximum Gasteiger partial charge on any atom is 0.127 e. The molecule has 3 aromatic carbocycles. The molecule has 2 atom stereocenters. The van der Waals surface area contributed by atoms with Crippen molar-refractivity contribution in [2.45, 2.75) is 86.0 Å². The molecule has 3 rings (SSSR count). The van der Waals surface area contributed by atoms with Gasteiger partial charge in [0.1, 0.15) is 12.4 Å². The van der Waals surface area contributed by atoms with Crippen molar-refractivity contribution < 1.29 is 4.74 Å². The number of hydrogen-bond donors (Lipinski definition) is 0. The second kappa shape index (κ2) is 12.9. The molecule has 3 heteroatoms. The van der Waals surface area contributed by atoms with Crippen LogP contribution in [0, 0.1) is 13.8 Å². The van der Waals surface area contributed by atoms with E-state index >= 15 is 0 Å². The summed E-state index contributed by atoms with van der Waals surface area (Å²) in [5.41, 5.74) is 8.52. The molecule has 0 heterocycles. The Morgan fingerprint density at radius 2 is 1.58 bits per heavy atom. The third-order valence-electron chi connectivity index (χ3n) is 7.05. The summed E-state index contributed by atoms with van der Waals surface area (Å²) < 4.78 is 6.71. The quantitative estimate of drug-likeness (QED) is 0.243. The first-order valence-electron chi connectivity index (χ1n) is 13.6. The van der Waals surface area contributed by atoms with E-state index in [0.29, 0.717) is 20.8 Å². The highest BCUT2D eigenvalue weighted by Gasteiger charge is 2.26. The Balaban J connectivity index is 2.05. The van der Waals surface area contributed by atoms with Crippen LogP contribution in [-0.4, -0.2) is 18.0 Å². The van der Waals surface area contributed by atoms with E-state index in [1.54, 1.807) is 0 Å². The van der Waals surface area contributed by atoms with Gasteiger partial charge in [0.05, 0.1) is 0 Å². The molecule has 0 radical (unpaired) electrons. The number of nitrogens with zero attached hydrogens (tertiary/aromatic N) is 1. The maximum absolute atomic E-state index is 6.71. The molecule has 0 aliphatic carbocycles. The third-order valence-corrected chi connectivity index (χ3v) is 9.12. The van der Waals surface area contributed by atoms with Crippen LogP contribution in [0.1, 0.15) is 87.0 Å². The zero-order chi connectivity index (χ0) is 26.3. The molecule has 0 aliphatic heterocycles. The molecule has 0 spiro atoms. The molecule has 2 unspecified atom stereocenters. The third kappa shape index (κ3) is 7.21. The van der Waals surface area contributed by atoms with Gasteiger partial charge in [-0.3, -0.25) is 4.90 Å². The summed E-state index contributed by atoms with van der Waals surface area (Å²) in [7, 11) is 0.710. The molecule has 194 valence electrons. The van der Waals surface area contributed by atoms with Crippen molar-refractivity contribution in [1.29, 1.82) is 0 Å². The van der Waals surface area contributed by atoms with Crippen LogP contribution < -0.4 is 10.0 Å². The first-order chi connectivity index (χ1) is 17.2. The minimum atomic E-state index is 0.00473. The molecule has 0 amide bonds. The Bertz CT molecular complexity index is 1110. The lowest BCUT2D eigenvalue weighted by molar-refractivity contribution is 0.293. The normalized spacial score (nSPS) is 13.0. The predicted octanol–water partition coefficient (Wildman–Crippen LogP) is 8.48. The molecule has 0 aromatic heterocycles. The molecule has 0 aliphatic rings. The van der Waals surface area contributed by atoms with Gasteiger partial charge in [0.25, 0.3) is 0 Å². The zero-order valence-corrected chi connectivity index (χ0v) is 24.7. The smallest absolute Gasteiger partial charge is 0.127 e. The molecule has 0 saturated carbocycles. The largest absolute Gasteiger partial charge is 0.488 e. The van der Waals surface area contributed by atoms with Gasteiger partial charge in [0, 0.05) is 23.3 Å². The Morgan fingerprint density at radius 3 is 2.19 bits per heavy atom. The summed E-state index contributed by atoms with van der Waals surface area (Å²) in [6, 6.07) is 22.1. The molecule has 36 heavy (non-hydrogen) atoms. The lowest BCUT2D eigenvalue weighted by Gasteiger charge is -2.29. The molecule has 0 bridgehead atoms. The topological polar surface area (TPSA) is 12.5 Å². The van der Waals surface area contributed by atoms with Crippen molar-refractivity contribution in [1.82, 2.24) is 4.90 Å². The SMILES string of the molecule is CCC(Pc1c(C)cccc1CN(CC)CC)c1cc(C)cc(C(C)(C)C)c1OCc1ccccc1. The maximum atomic E-state index is 6.71. The number of aryl methyl sites for hydroxylation is 2. The average molecular weight is 504 g/mol. The summed E-state index contributed by atoms with van der Waals surface area (Å²) in [6.45, 7) is 22.0. The van der Waals surface area contributed by atoms with Crippen LogP contribution in [0.4, 0.5) is 0 Å². The highest BCUT2D eigenvalue weighted by molar-refractivity contribution is 7.47. The van der Waals surface area contributed by atoms with Crippen LogP contribution in [0.2, 0.25) is 0 Å². The van der Waals surface area contributed by atoms with Crippen LogP contribution >= 0.6 is 8.58 Å². The predicted molar refractivity (Wildman–Crippen MR) is 159 cm³/mol. The van der Waals surface area contributed by atoms with E-state index in [2.05, 4.69) is 121 Å². The Kier molecular flexibility index (Phi) is 10.2. The van der Waals surface area contributed by atoms with Crippen molar-refractivity contribution in [3.63, 3.8) is 0 Å². The summed E-state index contributed by atoms with van der Waals surface area (Å²) >= 11 is 0. The van der Waals surface area contributed by atoms with Gasteiger partial charge in [-0.15, -0.1) is 0 Å². The van der Waals surface area contributed by atoms with Gasteiger partial charge in [-0.2, -0.15) is 0 Å². The zero-order valence-electron chi connectivity index (χ0n) is 23.7. The lowest BCUT2D eigenvalue weighted by Crippen LogP contribution is -2.25. The van der Waals surface area contributed by atoms with Gasteiger partial charge in [0.2, 0.25) is 0 Å². The Morgan fingerprint density at radius 1 is 0.889 bits per heavy atom. The lowest BCUT2D eigenvalue weighted by atomic mass is 9.83. The van der Waals surface area contributed by atoms with Crippen molar-refractivity contribution >= 4 is 13.9 Å². The van der Waals surface area contributed by atoms with Gasteiger partial charge in [-0.05, 0) is 60.8 Å². The van der Waals surface area contributed by atoms with Crippen LogP contribution in [0.3, 0.4) is 0 Å². The number of benzene rings is 3. The molecule has 3 aromatic rings. The van der Waals surface area contributed by atoms with E-state index in [-0.39, 0.29) is 5.41 Å². The average Bonchev–Trinajstić information content (AvgIpc) is 2.85. The highest BCUT2D eigenvalue weighted by Crippen LogP contribution is 2.46. The van der Waals surface area contributed by atoms with Gasteiger partial charge < -0.3 is 4.74 Å². The summed E-state index contributed by atoms with van der Waals surface area (Å²) in [5, 5.41) is 1.53. The standard InChI is InChI=1S/C33H46NOP/c1-9-30(36-32-25(5)16-15-19-27(32)22-34(10-2)11-3)28-20-24(4)21-29(33(6,7)8)31(28)35-23-26-17-13-12-14-18-26/h12-21,30,36H,9-11,22-23H2,1-8H3. The van der Waals surface area contributed by atoms with E-state index in [1.807, 2.05) is 0 Å². The Labute approximate surface area is 222 Å². The van der Waals surface area contributed by atoms with Crippen molar-refractivity contribution in [2.75, 3.05) is 13.1 Å². The summed E-state index contributed by atoms with van der Waals surface area (Å²) in [6.07, 6.45) is 1.09. The second-order valence-corrected chi connectivity index (χ2v) is 12.4. The first-order valence-corrected chi connectivity index (χ1v) is 14.6. The first kappa shape index (κ1) is 28.4. The van der Waals surface area contributed by atoms with Crippen molar-refractivity contribution in [3.05, 3.63) is 94.0 Å². The monoisotopic (exact) mass is 503 g/mol. The molecule has 0 fully saturated rings. The van der Waals surface area contributed by atoms with Gasteiger partial charge in [0.15, 0.2) is 0 Å². The van der Waals surface area contributed by atoms with Crippen LogP contribution in [0.15, 0.2) is 60.7 Å². The van der Waals surface area contributed by atoms with Crippen LogP contribution in [0.5, 0.6) is 5.75 Å².